The van der Waals surface area contributed by atoms with Crippen LogP contribution in [0.25, 0.3) is 0 Å². The largest absolute Gasteiger partial charge is 0.508 e. The SMILES string of the molecule is CCNC(=NCc1ccc(F)cc1CSC)NCCc1cccc(O)c1. The van der Waals surface area contributed by atoms with Crippen LogP contribution in [0.3, 0.4) is 0 Å². The molecule has 2 aromatic carbocycles. The standard InChI is InChI=1S/C20H26FN3OS/c1-3-22-20(23-10-9-15-5-4-6-19(25)11-15)24-13-16-7-8-18(21)12-17(16)14-26-2/h4-8,11-12,25H,3,9-10,13-14H2,1-2H3,(H2,22,23,24). The number of thioether (sulfide) groups is 1. The third kappa shape index (κ3) is 6.59. The van der Waals surface area contributed by atoms with Gasteiger partial charge in [0.2, 0.25) is 0 Å². The van der Waals surface area contributed by atoms with Crippen LogP contribution in [-0.4, -0.2) is 30.4 Å². The van der Waals surface area contributed by atoms with Crippen LogP contribution in [0.5, 0.6) is 5.75 Å². The first kappa shape index (κ1) is 20.1. The molecule has 3 N–H and O–H groups in total. The number of nitrogens with zero attached hydrogens (tertiary/aromatic N) is 1. The van der Waals surface area contributed by atoms with Crippen LogP contribution in [0.4, 0.5) is 4.39 Å². The minimum atomic E-state index is -0.210. The van der Waals surface area contributed by atoms with Gasteiger partial charge in [-0.05, 0) is 60.6 Å². The Morgan fingerprint density at radius 2 is 2.00 bits per heavy atom. The van der Waals surface area contributed by atoms with E-state index in [9.17, 15) is 9.50 Å². The number of aliphatic imine (C=N–C) groups is 1. The molecule has 0 bridgehead atoms. The fourth-order valence-electron chi connectivity index (χ4n) is 2.58. The molecule has 140 valence electrons. The Balaban J connectivity index is 1.98. The summed E-state index contributed by atoms with van der Waals surface area (Å²) in [5, 5.41) is 16.0. The van der Waals surface area contributed by atoms with Gasteiger partial charge in [-0.2, -0.15) is 11.8 Å². The van der Waals surface area contributed by atoms with E-state index in [1.54, 1.807) is 36.0 Å². The van der Waals surface area contributed by atoms with E-state index in [1.165, 1.54) is 6.07 Å². The summed E-state index contributed by atoms with van der Waals surface area (Å²) in [7, 11) is 0. The Labute approximate surface area is 158 Å². The molecule has 6 heteroatoms. The van der Waals surface area contributed by atoms with Crippen LogP contribution >= 0.6 is 11.8 Å². The summed E-state index contributed by atoms with van der Waals surface area (Å²) >= 11 is 1.67. The molecule has 0 aliphatic carbocycles. The highest BCUT2D eigenvalue weighted by atomic mass is 32.2. The van der Waals surface area contributed by atoms with E-state index in [1.807, 2.05) is 25.3 Å². The molecule has 0 aliphatic heterocycles. The highest BCUT2D eigenvalue weighted by molar-refractivity contribution is 7.97. The second kappa shape index (κ2) is 10.7. The first-order chi connectivity index (χ1) is 12.6. The molecule has 2 aromatic rings. The molecule has 0 aromatic heterocycles. The highest BCUT2D eigenvalue weighted by Gasteiger charge is 2.05. The number of hydrogen-bond donors (Lipinski definition) is 3. The number of benzene rings is 2. The van der Waals surface area contributed by atoms with Gasteiger partial charge in [0, 0.05) is 18.8 Å². The summed E-state index contributed by atoms with van der Waals surface area (Å²) in [4.78, 5) is 4.62. The number of halogens is 1. The first-order valence-electron chi connectivity index (χ1n) is 8.68. The van der Waals surface area contributed by atoms with Crippen molar-refractivity contribution in [2.75, 3.05) is 19.3 Å². The summed E-state index contributed by atoms with van der Waals surface area (Å²) in [6.07, 6.45) is 2.79. The first-order valence-corrected chi connectivity index (χ1v) is 10.1. The second-order valence-corrected chi connectivity index (χ2v) is 6.75. The summed E-state index contributed by atoms with van der Waals surface area (Å²) in [6, 6.07) is 12.1. The molecule has 0 amide bonds. The zero-order valence-corrected chi connectivity index (χ0v) is 16.1. The maximum Gasteiger partial charge on any atom is 0.191 e. The van der Waals surface area contributed by atoms with E-state index in [-0.39, 0.29) is 11.6 Å². The van der Waals surface area contributed by atoms with Crippen molar-refractivity contribution in [1.29, 1.82) is 0 Å². The predicted molar refractivity (Wildman–Crippen MR) is 108 cm³/mol. The molecule has 4 nitrogen and oxygen atoms in total. The van der Waals surface area contributed by atoms with Gasteiger partial charge in [-0.15, -0.1) is 0 Å². The fraction of sp³-hybridized carbons (Fsp3) is 0.350. The Hall–Kier alpha value is -2.21. The Morgan fingerprint density at radius 1 is 1.15 bits per heavy atom. The van der Waals surface area contributed by atoms with Crippen molar-refractivity contribution in [1.82, 2.24) is 10.6 Å². The number of nitrogens with one attached hydrogen (secondary N) is 2. The van der Waals surface area contributed by atoms with Gasteiger partial charge in [-0.3, -0.25) is 0 Å². The minimum absolute atomic E-state index is 0.210. The summed E-state index contributed by atoms with van der Waals surface area (Å²) in [5.41, 5.74) is 3.08. The summed E-state index contributed by atoms with van der Waals surface area (Å²) < 4.78 is 13.5. The van der Waals surface area contributed by atoms with Crippen molar-refractivity contribution in [3.05, 3.63) is 65.0 Å². The lowest BCUT2D eigenvalue weighted by atomic mass is 10.1. The fourth-order valence-corrected chi connectivity index (χ4v) is 3.16. The van der Waals surface area contributed by atoms with E-state index in [2.05, 4.69) is 15.6 Å². The zero-order valence-electron chi connectivity index (χ0n) is 15.3. The Kier molecular flexibility index (Phi) is 8.28. The average molecular weight is 376 g/mol. The third-order valence-corrected chi connectivity index (χ3v) is 4.44. The lowest BCUT2D eigenvalue weighted by Gasteiger charge is -2.12. The van der Waals surface area contributed by atoms with Gasteiger partial charge in [0.25, 0.3) is 0 Å². The molecule has 0 radical (unpaired) electrons. The van der Waals surface area contributed by atoms with Crippen molar-refractivity contribution >= 4 is 17.7 Å². The molecule has 0 saturated heterocycles. The van der Waals surface area contributed by atoms with Crippen molar-refractivity contribution in [2.45, 2.75) is 25.6 Å². The van der Waals surface area contributed by atoms with Gasteiger partial charge >= 0.3 is 0 Å². The lowest BCUT2D eigenvalue weighted by Crippen LogP contribution is -2.38. The van der Waals surface area contributed by atoms with Crippen LogP contribution in [0.1, 0.15) is 23.6 Å². The van der Waals surface area contributed by atoms with Crippen LogP contribution < -0.4 is 10.6 Å². The van der Waals surface area contributed by atoms with Crippen LogP contribution in [0.2, 0.25) is 0 Å². The predicted octanol–water partition coefficient (Wildman–Crippen LogP) is 3.69. The van der Waals surface area contributed by atoms with E-state index < -0.39 is 0 Å². The lowest BCUT2D eigenvalue weighted by molar-refractivity contribution is 0.474. The van der Waals surface area contributed by atoms with Gasteiger partial charge in [0.15, 0.2) is 5.96 Å². The smallest absolute Gasteiger partial charge is 0.191 e. The quantitative estimate of drug-likeness (QED) is 0.486. The average Bonchev–Trinajstić information content (AvgIpc) is 2.61. The van der Waals surface area contributed by atoms with Gasteiger partial charge < -0.3 is 15.7 Å². The van der Waals surface area contributed by atoms with Gasteiger partial charge in [0.05, 0.1) is 6.54 Å². The van der Waals surface area contributed by atoms with Crippen LogP contribution in [0.15, 0.2) is 47.5 Å². The van der Waals surface area contributed by atoms with Crippen molar-refractivity contribution in [3.8, 4) is 5.75 Å². The summed E-state index contributed by atoms with van der Waals surface area (Å²) in [6.45, 7) is 3.98. The van der Waals surface area contributed by atoms with E-state index >= 15 is 0 Å². The van der Waals surface area contributed by atoms with E-state index in [0.717, 1.165) is 41.4 Å². The molecule has 0 unspecified atom stereocenters. The number of rotatable bonds is 8. The number of phenolic OH excluding ortho intramolecular Hbond substituents is 1. The number of guanidine groups is 1. The Bertz CT molecular complexity index is 737. The van der Waals surface area contributed by atoms with Gasteiger partial charge in [0.1, 0.15) is 11.6 Å². The van der Waals surface area contributed by atoms with Crippen molar-refractivity contribution in [2.24, 2.45) is 4.99 Å². The highest BCUT2D eigenvalue weighted by Crippen LogP contribution is 2.17. The van der Waals surface area contributed by atoms with Crippen molar-refractivity contribution in [3.63, 3.8) is 0 Å². The van der Waals surface area contributed by atoms with Crippen LogP contribution in [0, 0.1) is 5.82 Å². The monoisotopic (exact) mass is 375 g/mol. The molecule has 0 heterocycles. The van der Waals surface area contributed by atoms with E-state index in [4.69, 9.17) is 0 Å². The molecular formula is C20H26FN3OS. The number of aromatic hydroxyl groups is 1. The normalized spacial score (nSPS) is 11.4. The molecule has 0 aliphatic rings. The molecule has 0 spiro atoms. The minimum Gasteiger partial charge on any atom is -0.508 e. The van der Waals surface area contributed by atoms with E-state index in [0.29, 0.717) is 13.1 Å². The maximum atomic E-state index is 13.5. The third-order valence-electron chi connectivity index (χ3n) is 3.84. The maximum absolute atomic E-state index is 13.5. The molecule has 0 saturated carbocycles. The summed E-state index contributed by atoms with van der Waals surface area (Å²) in [5.74, 6) is 1.56. The van der Waals surface area contributed by atoms with Gasteiger partial charge in [-0.1, -0.05) is 18.2 Å². The number of hydrogen-bond acceptors (Lipinski definition) is 3. The number of phenols is 1. The molecule has 0 atom stereocenters. The molecule has 0 fully saturated rings. The second-order valence-electron chi connectivity index (χ2n) is 5.89. The van der Waals surface area contributed by atoms with Crippen molar-refractivity contribution < 1.29 is 9.50 Å². The van der Waals surface area contributed by atoms with Crippen LogP contribution in [-0.2, 0) is 18.7 Å². The topological polar surface area (TPSA) is 56.7 Å². The van der Waals surface area contributed by atoms with Gasteiger partial charge in [-0.25, -0.2) is 9.38 Å². The molecular weight excluding hydrogens is 349 g/mol. The Morgan fingerprint density at radius 3 is 2.73 bits per heavy atom. The zero-order chi connectivity index (χ0) is 18.8. The molecule has 26 heavy (non-hydrogen) atoms. The molecule has 2 rings (SSSR count).